The van der Waals surface area contributed by atoms with Crippen molar-refractivity contribution in [2.24, 2.45) is 5.92 Å². The lowest BCUT2D eigenvalue weighted by Gasteiger charge is -2.43. The molecule has 2 rings (SSSR count). The summed E-state index contributed by atoms with van der Waals surface area (Å²) in [6.07, 6.45) is 2.39. The predicted molar refractivity (Wildman–Crippen MR) is 88.7 cm³/mol. The topological polar surface area (TPSA) is 38.3 Å². The third-order valence-electron chi connectivity index (χ3n) is 4.91. The molecule has 1 aliphatic heterocycles. The molecule has 1 fully saturated rings. The van der Waals surface area contributed by atoms with E-state index in [1.165, 1.54) is 25.9 Å². The van der Waals surface area contributed by atoms with Gasteiger partial charge in [0, 0.05) is 26.3 Å². The van der Waals surface area contributed by atoms with Crippen molar-refractivity contribution in [2.45, 2.75) is 26.7 Å². The molecule has 4 nitrogen and oxygen atoms in total. The number of amides is 1. The summed E-state index contributed by atoms with van der Waals surface area (Å²) < 4.78 is 7.01. The summed E-state index contributed by atoms with van der Waals surface area (Å²) >= 11 is 0. The minimum atomic E-state index is 0.0816. The van der Waals surface area contributed by atoms with Crippen LogP contribution in [0, 0.1) is 5.92 Å². The number of nitrogens with one attached hydrogen (secondary N) is 1. The number of benzene rings is 1. The van der Waals surface area contributed by atoms with Crippen LogP contribution in [-0.2, 0) is 4.79 Å². The van der Waals surface area contributed by atoms with E-state index in [9.17, 15) is 4.79 Å². The van der Waals surface area contributed by atoms with E-state index in [1.807, 2.05) is 30.3 Å². The zero-order valence-corrected chi connectivity index (χ0v) is 13.9. The molecule has 1 aromatic rings. The molecule has 1 aliphatic rings. The Morgan fingerprint density at radius 3 is 2.55 bits per heavy atom. The Hall–Kier alpha value is -1.55. The SMILES string of the molecule is CC[N+]1(CCOc2ccccc2)CCC(CNC(C)=O)CC1. The molecule has 1 amide bonds. The number of hydrogen-bond donors (Lipinski definition) is 1. The Balaban J connectivity index is 1.75. The van der Waals surface area contributed by atoms with Crippen LogP contribution in [0.2, 0.25) is 0 Å². The molecule has 0 saturated carbocycles. The molecule has 0 aliphatic carbocycles. The molecule has 1 saturated heterocycles. The summed E-state index contributed by atoms with van der Waals surface area (Å²) in [6, 6.07) is 10.0. The second-order valence-electron chi connectivity index (χ2n) is 6.37. The molecule has 0 bridgehead atoms. The van der Waals surface area contributed by atoms with E-state index in [0.717, 1.165) is 36.5 Å². The highest BCUT2D eigenvalue weighted by atomic mass is 16.5. The molecular weight excluding hydrogens is 276 g/mol. The van der Waals surface area contributed by atoms with Gasteiger partial charge in [-0.2, -0.15) is 0 Å². The van der Waals surface area contributed by atoms with Crippen LogP contribution >= 0.6 is 0 Å². The van der Waals surface area contributed by atoms with Gasteiger partial charge in [0.15, 0.2) is 0 Å². The third kappa shape index (κ3) is 5.02. The van der Waals surface area contributed by atoms with Crippen molar-refractivity contribution in [3.8, 4) is 5.75 Å². The number of carbonyl (C=O) groups is 1. The Bertz CT molecular complexity index is 453. The largest absolute Gasteiger partial charge is 0.488 e. The predicted octanol–water partition coefficient (Wildman–Crippen LogP) is 2.45. The van der Waals surface area contributed by atoms with Gasteiger partial charge >= 0.3 is 0 Å². The number of hydrogen-bond acceptors (Lipinski definition) is 2. The van der Waals surface area contributed by atoms with Gasteiger partial charge in [-0.15, -0.1) is 0 Å². The van der Waals surface area contributed by atoms with Crippen LogP contribution < -0.4 is 10.1 Å². The number of carbonyl (C=O) groups excluding carboxylic acids is 1. The van der Waals surface area contributed by atoms with Gasteiger partial charge in [0.25, 0.3) is 0 Å². The maximum Gasteiger partial charge on any atom is 0.216 e. The van der Waals surface area contributed by atoms with Gasteiger partial charge in [-0.1, -0.05) is 18.2 Å². The van der Waals surface area contributed by atoms with Crippen LogP contribution in [0.3, 0.4) is 0 Å². The Morgan fingerprint density at radius 1 is 1.27 bits per heavy atom. The second-order valence-corrected chi connectivity index (χ2v) is 6.37. The van der Waals surface area contributed by atoms with E-state index in [1.54, 1.807) is 6.92 Å². The molecule has 122 valence electrons. The summed E-state index contributed by atoms with van der Waals surface area (Å²) in [5.74, 6) is 1.67. The quantitative estimate of drug-likeness (QED) is 0.786. The van der Waals surface area contributed by atoms with Crippen molar-refractivity contribution in [2.75, 3.05) is 39.3 Å². The van der Waals surface area contributed by atoms with E-state index in [2.05, 4.69) is 12.2 Å². The molecule has 1 heterocycles. The van der Waals surface area contributed by atoms with Crippen LogP contribution in [-0.4, -0.2) is 49.7 Å². The monoisotopic (exact) mass is 305 g/mol. The van der Waals surface area contributed by atoms with Crippen molar-refractivity contribution in [1.29, 1.82) is 0 Å². The fraction of sp³-hybridized carbons (Fsp3) is 0.611. The van der Waals surface area contributed by atoms with Crippen molar-refractivity contribution in [1.82, 2.24) is 5.32 Å². The van der Waals surface area contributed by atoms with Crippen molar-refractivity contribution < 1.29 is 14.0 Å². The fourth-order valence-electron chi connectivity index (χ4n) is 3.23. The highest BCUT2D eigenvalue weighted by Gasteiger charge is 2.32. The highest BCUT2D eigenvalue weighted by Crippen LogP contribution is 2.23. The smallest absolute Gasteiger partial charge is 0.216 e. The molecule has 0 radical (unpaired) electrons. The van der Waals surface area contributed by atoms with E-state index < -0.39 is 0 Å². The van der Waals surface area contributed by atoms with Gasteiger partial charge in [-0.25, -0.2) is 0 Å². The van der Waals surface area contributed by atoms with Crippen LogP contribution in [0.1, 0.15) is 26.7 Å². The standard InChI is InChI=1S/C18H28N2O2/c1-3-20(13-14-22-18-7-5-4-6-8-18)11-9-17(10-12-20)15-19-16(2)21/h4-8,17H,3,9-15H2,1-2H3/p+1. The average Bonchev–Trinajstić information content (AvgIpc) is 2.55. The van der Waals surface area contributed by atoms with E-state index in [-0.39, 0.29) is 5.91 Å². The molecule has 4 heteroatoms. The van der Waals surface area contributed by atoms with Crippen LogP contribution in [0.15, 0.2) is 30.3 Å². The first kappa shape index (κ1) is 16.8. The molecule has 0 spiro atoms. The maximum atomic E-state index is 11.0. The van der Waals surface area contributed by atoms with Gasteiger partial charge in [0.05, 0.1) is 19.6 Å². The first-order valence-electron chi connectivity index (χ1n) is 8.41. The number of likely N-dealkylation sites (N-methyl/N-ethyl adjacent to an activating group) is 1. The summed E-state index contributed by atoms with van der Waals surface area (Å²) in [6.45, 7) is 10.1. The van der Waals surface area contributed by atoms with Crippen LogP contribution in [0.25, 0.3) is 0 Å². The second kappa shape index (κ2) is 8.18. The minimum absolute atomic E-state index is 0.0816. The minimum Gasteiger partial charge on any atom is -0.488 e. The van der Waals surface area contributed by atoms with E-state index >= 15 is 0 Å². The molecular formula is C18H29N2O2+. The first-order chi connectivity index (χ1) is 10.6. The highest BCUT2D eigenvalue weighted by molar-refractivity contribution is 5.72. The maximum absolute atomic E-state index is 11.0. The zero-order valence-electron chi connectivity index (χ0n) is 13.9. The molecule has 0 aromatic heterocycles. The normalized spacial score (nSPS) is 24.7. The molecule has 1 N–H and O–H groups in total. The number of piperidine rings is 1. The van der Waals surface area contributed by atoms with E-state index in [0.29, 0.717) is 5.92 Å². The van der Waals surface area contributed by atoms with Gasteiger partial charge < -0.3 is 14.5 Å². The van der Waals surface area contributed by atoms with Crippen molar-refractivity contribution in [3.05, 3.63) is 30.3 Å². The Kier molecular flexibility index (Phi) is 6.25. The summed E-state index contributed by atoms with van der Waals surface area (Å²) in [7, 11) is 0. The molecule has 1 aromatic carbocycles. The number of quaternary nitrogens is 1. The number of para-hydroxylation sites is 1. The van der Waals surface area contributed by atoms with Crippen molar-refractivity contribution in [3.63, 3.8) is 0 Å². The van der Waals surface area contributed by atoms with Crippen molar-refractivity contribution >= 4 is 5.91 Å². The Morgan fingerprint density at radius 2 is 1.95 bits per heavy atom. The fourth-order valence-corrected chi connectivity index (χ4v) is 3.23. The van der Waals surface area contributed by atoms with E-state index in [4.69, 9.17) is 4.74 Å². The molecule has 0 atom stereocenters. The zero-order chi connectivity index (χ0) is 15.8. The molecule has 22 heavy (non-hydrogen) atoms. The van der Waals surface area contributed by atoms with Gasteiger partial charge in [0.2, 0.25) is 5.91 Å². The molecule has 0 unspecified atom stereocenters. The number of nitrogens with zero attached hydrogens (tertiary/aromatic N) is 1. The van der Waals surface area contributed by atoms with Gasteiger partial charge in [0.1, 0.15) is 18.9 Å². The third-order valence-corrected chi connectivity index (χ3v) is 4.91. The first-order valence-corrected chi connectivity index (χ1v) is 8.41. The number of ether oxygens (including phenoxy) is 1. The lowest BCUT2D eigenvalue weighted by atomic mass is 9.94. The van der Waals surface area contributed by atoms with Crippen LogP contribution in [0.5, 0.6) is 5.75 Å². The lowest BCUT2D eigenvalue weighted by Crippen LogP contribution is -2.55. The Labute approximate surface area is 134 Å². The average molecular weight is 305 g/mol. The van der Waals surface area contributed by atoms with Gasteiger partial charge in [-0.05, 0) is 25.0 Å². The number of likely N-dealkylation sites (tertiary alicyclic amines) is 1. The van der Waals surface area contributed by atoms with Gasteiger partial charge in [-0.3, -0.25) is 4.79 Å². The summed E-state index contributed by atoms with van der Waals surface area (Å²) in [5.41, 5.74) is 0. The lowest BCUT2D eigenvalue weighted by molar-refractivity contribution is -0.931. The van der Waals surface area contributed by atoms with Crippen LogP contribution in [0.4, 0.5) is 0 Å². The summed E-state index contributed by atoms with van der Waals surface area (Å²) in [4.78, 5) is 11.0. The summed E-state index contributed by atoms with van der Waals surface area (Å²) in [5, 5.41) is 2.95. The number of rotatable bonds is 7.